The molecular formula is C19H24BrF3N5O2S+. The Balaban J connectivity index is 1.45. The highest BCUT2D eigenvalue weighted by Crippen LogP contribution is 2.46. The van der Waals surface area contributed by atoms with Crippen molar-refractivity contribution in [1.29, 1.82) is 0 Å². The second-order valence-electron chi connectivity index (χ2n) is 7.68. The topological polar surface area (TPSA) is 72.6 Å². The quantitative estimate of drug-likeness (QED) is 0.509. The first-order valence-electron chi connectivity index (χ1n) is 10.2. The van der Waals surface area contributed by atoms with E-state index >= 15 is 0 Å². The largest absolute Gasteiger partial charge is 0.410 e. The van der Waals surface area contributed by atoms with Gasteiger partial charge in [0.05, 0.1) is 30.3 Å². The average molecular weight is 523 g/mol. The number of anilines is 1. The third-order valence-electron chi connectivity index (χ3n) is 5.59. The summed E-state index contributed by atoms with van der Waals surface area (Å²) in [6.07, 6.45) is -3.89. The van der Waals surface area contributed by atoms with Gasteiger partial charge in [-0.3, -0.25) is 4.79 Å². The number of carbonyl (C=O) groups is 1. The van der Waals surface area contributed by atoms with Crippen LogP contribution in [-0.2, 0) is 4.74 Å². The third-order valence-corrected chi connectivity index (χ3v) is 7.33. The molecule has 0 aliphatic carbocycles. The van der Waals surface area contributed by atoms with Crippen molar-refractivity contribution < 1.29 is 27.6 Å². The average Bonchev–Trinajstić information content (AvgIpc) is 3.39. The second-order valence-corrected chi connectivity index (χ2v) is 9.46. The monoisotopic (exact) mass is 522 g/mol. The van der Waals surface area contributed by atoms with E-state index in [0.717, 1.165) is 48.8 Å². The number of ether oxygens (including phenoxy) is 1. The fraction of sp³-hybridized carbons (Fsp3) is 0.579. The standard InChI is InChI=1S/C19H23BrF3N5O2S/c20-15-16(18(29)24-4-2-5-27-6-8-30-9-7-27)26-28-14(19(21,22)23)11-12(25-17(15)28)13-3-1-10-31-13/h1,3,10,12,14,25H,2,4-9,11H2,(H,24,29)/p+1/t12-,14-/m1/s1. The number of alkyl halides is 3. The van der Waals surface area contributed by atoms with Crippen molar-refractivity contribution in [1.82, 2.24) is 15.1 Å². The lowest BCUT2D eigenvalue weighted by Crippen LogP contribution is -3.14. The van der Waals surface area contributed by atoms with E-state index in [1.807, 2.05) is 11.4 Å². The maximum Gasteiger partial charge on any atom is 0.410 e. The van der Waals surface area contributed by atoms with Gasteiger partial charge in [0.1, 0.15) is 18.9 Å². The van der Waals surface area contributed by atoms with Crippen LogP contribution in [0.2, 0.25) is 0 Å². The smallest absolute Gasteiger partial charge is 0.370 e. The first-order chi connectivity index (χ1) is 14.8. The molecule has 0 saturated carbocycles. The van der Waals surface area contributed by atoms with Crippen molar-refractivity contribution in [2.75, 3.05) is 44.7 Å². The molecule has 7 nitrogen and oxygen atoms in total. The molecule has 2 aliphatic heterocycles. The predicted molar refractivity (Wildman–Crippen MR) is 114 cm³/mol. The minimum Gasteiger partial charge on any atom is -0.370 e. The van der Waals surface area contributed by atoms with Gasteiger partial charge < -0.3 is 20.3 Å². The van der Waals surface area contributed by atoms with Gasteiger partial charge in [-0.1, -0.05) is 6.07 Å². The van der Waals surface area contributed by atoms with Crippen molar-refractivity contribution >= 4 is 39.0 Å². The summed E-state index contributed by atoms with van der Waals surface area (Å²) < 4.78 is 47.8. The van der Waals surface area contributed by atoms with Crippen LogP contribution < -0.4 is 15.5 Å². The van der Waals surface area contributed by atoms with E-state index < -0.39 is 24.2 Å². The number of rotatable bonds is 6. The molecule has 2 atom stereocenters. The lowest BCUT2D eigenvalue weighted by molar-refractivity contribution is -0.908. The molecule has 1 amide bonds. The van der Waals surface area contributed by atoms with E-state index in [1.54, 1.807) is 6.07 Å². The Morgan fingerprint density at radius 2 is 2.19 bits per heavy atom. The number of thiophene rings is 1. The third kappa shape index (κ3) is 5.07. The Morgan fingerprint density at radius 1 is 1.42 bits per heavy atom. The summed E-state index contributed by atoms with van der Waals surface area (Å²) in [6, 6.07) is 1.31. The molecule has 0 spiro atoms. The molecule has 2 aromatic rings. The zero-order valence-electron chi connectivity index (χ0n) is 16.7. The number of halogens is 4. The molecule has 0 unspecified atom stereocenters. The van der Waals surface area contributed by atoms with E-state index in [4.69, 9.17) is 4.74 Å². The van der Waals surface area contributed by atoms with Crippen LogP contribution in [0.15, 0.2) is 22.0 Å². The first kappa shape index (κ1) is 22.6. The van der Waals surface area contributed by atoms with Crippen LogP contribution >= 0.6 is 27.3 Å². The fourth-order valence-electron chi connectivity index (χ4n) is 3.94. The molecule has 1 fully saturated rings. The number of carbonyl (C=O) groups excluding carboxylic acids is 1. The summed E-state index contributed by atoms with van der Waals surface area (Å²) in [4.78, 5) is 14.9. The zero-order chi connectivity index (χ0) is 22.0. The van der Waals surface area contributed by atoms with Gasteiger partial charge in [0.25, 0.3) is 5.91 Å². The Bertz CT molecular complexity index is 899. The Kier molecular flexibility index (Phi) is 6.89. The van der Waals surface area contributed by atoms with Gasteiger partial charge in [0.15, 0.2) is 11.7 Å². The highest BCUT2D eigenvalue weighted by molar-refractivity contribution is 9.10. The summed E-state index contributed by atoms with van der Waals surface area (Å²) in [7, 11) is 0. The number of nitrogens with one attached hydrogen (secondary N) is 3. The number of hydrogen-bond acceptors (Lipinski definition) is 5. The number of morpholine rings is 1. The summed E-state index contributed by atoms with van der Waals surface area (Å²) in [5.41, 5.74) is -0.0395. The number of aromatic nitrogens is 2. The fourth-order valence-corrected chi connectivity index (χ4v) is 5.29. The minimum absolute atomic E-state index is 0.0395. The van der Waals surface area contributed by atoms with Crippen LogP contribution in [0.5, 0.6) is 0 Å². The van der Waals surface area contributed by atoms with Crippen LogP contribution in [-0.4, -0.2) is 61.3 Å². The van der Waals surface area contributed by atoms with Gasteiger partial charge in [0, 0.05) is 24.3 Å². The molecule has 0 radical (unpaired) electrons. The van der Waals surface area contributed by atoms with Crippen LogP contribution in [0.1, 0.15) is 40.3 Å². The van der Waals surface area contributed by atoms with Crippen LogP contribution in [0.3, 0.4) is 0 Å². The minimum atomic E-state index is -4.48. The first-order valence-corrected chi connectivity index (χ1v) is 11.9. The molecule has 2 aliphatic rings. The van der Waals surface area contributed by atoms with E-state index in [2.05, 4.69) is 31.7 Å². The van der Waals surface area contributed by atoms with Crippen molar-refractivity contribution in [3.8, 4) is 0 Å². The highest BCUT2D eigenvalue weighted by Gasteiger charge is 2.48. The molecule has 31 heavy (non-hydrogen) atoms. The molecule has 3 N–H and O–H groups in total. The van der Waals surface area contributed by atoms with Crippen LogP contribution in [0.25, 0.3) is 0 Å². The molecule has 12 heteroatoms. The van der Waals surface area contributed by atoms with E-state index in [1.165, 1.54) is 16.2 Å². The lowest BCUT2D eigenvalue weighted by Gasteiger charge is -2.33. The van der Waals surface area contributed by atoms with E-state index in [-0.39, 0.29) is 22.4 Å². The molecule has 4 rings (SSSR count). The second kappa shape index (κ2) is 9.47. The maximum absolute atomic E-state index is 13.8. The van der Waals surface area contributed by atoms with Crippen LogP contribution in [0.4, 0.5) is 19.0 Å². The summed E-state index contributed by atoms with van der Waals surface area (Å²) in [6.45, 7) is 4.73. The molecule has 0 aromatic carbocycles. The summed E-state index contributed by atoms with van der Waals surface area (Å²) in [5.74, 6) is -0.309. The lowest BCUT2D eigenvalue weighted by atomic mass is 10.0. The van der Waals surface area contributed by atoms with E-state index in [9.17, 15) is 18.0 Å². The maximum atomic E-state index is 13.8. The van der Waals surface area contributed by atoms with Gasteiger partial charge in [0.2, 0.25) is 0 Å². The number of fused-ring (bicyclic) bond motifs is 1. The van der Waals surface area contributed by atoms with Gasteiger partial charge in [-0.25, -0.2) is 4.68 Å². The molecular weight excluding hydrogens is 499 g/mol. The molecule has 2 aromatic heterocycles. The van der Waals surface area contributed by atoms with Gasteiger partial charge in [-0.05, 0) is 27.4 Å². The number of quaternary nitrogens is 1. The molecule has 170 valence electrons. The van der Waals surface area contributed by atoms with Crippen LogP contribution in [0, 0.1) is 0 Å². The van der Waals surface area contributed by atoms with Crippen molar-refractivity contribution in [2.24, 2.45) is 0 Å². The van der Waals surface area contributed by atoms with Gasteiger partial charge in [-0.15, -0.1) is 11.3 Å². The molecule has 0 bridgehead atoms. The number of hydrogen-bond donors (Lipinski definition) is 3. The van der Waals surface area contributed by atoms with Gasteiger partial charge >= 0.3 is 6.18 Å². The Labute approximate surface area is 190 Å². The summed E-state index contributed by atoms with van der Waals surface area (Å²) in [5, 5.41) is 11.8. The number of amides is 1. The van der Waals surface area contributed by atoms with Gasteiger partial charge in [-0.2, -0.15) is 18.3 Å². The summed E-state index contributed by atoms with van der Waals surface area (Å²) >= 11 is 4.70. The van der Waals surface area contributed by atoms with Crippen molar-refractivity contribution in [3.05, 3.63) is 32.6 Å². The number of nitrogens with zero attached hydrogens (tertiary/aromatic N) is 2. The Morgan fingerprint density at radius 3 is 2.87 bits per heavy atom. The predicted octanol–water partition coefficient (Wildman–Crippen LogP) is 2.40. The Hall–Kier alpha value is -1.63. The molecule has 1 saturated heterocycles. The van der Waals surface area contributed by atoms with Crippen molar-refractivity contribution in [2.45, 2.75) is 31.1 Å². The van der Waals surface area contributed by atoms with E-state index in [0.29, 0.717) is 6.54 Å². The normalized spacial score (nSPS) is 22.1. The highest BCUT2D eigenvalue weighted by atomic mass is 79.9. The molecule has 4 heterocycles. The zero-order valence-corrected chi connectivity index (χ0v) is 19.1. The van der Waals surface area contributed by atoms with Crippen molar-refractivity contribution in [3.63, 3.8) is 0 Å². The SMILES string of the molecule is O=C(NCCC[NH+]1CCOCC1)c1nn2c(c1Br)N[C@@H](c1cccs1)C[C@@H]2C(F)(F)F.